The second-order valence-electron chi connectivity index (χ2n) is 5.29. The molecule has 1 heterocycles. The van der Waals surface area contributed by atoms with Gasteiger partial charge in [-0.25, -0.2) is 8.42 Å². The van der Waals surface area contributed by atoms with Crippen LogP contribution in [0, 0.1) is 6.92 Å². The van der Waals surface area contributed by atoms with Crippen molar-refractivity contribution in [2.24, 2.45) is 5.73 Å². The Morgan fingerprint density at radius 1 is 1.48 bits per heavy atom. The zero-order valence-electron chi connectivity index (χ0n) is 11.9. The summed E-state index contributed by atoms with van der Waals surface area (Å²) in [6.45, 7) is 2.03. The molecule has 1 unspecified atom stereocenters. The molecule has 1 aromatic rings. The van der Waals surface area contributed by atoms with Gasteiger partial charge in [0.15, 0.2) is 0 Å². The lowest BCUT2D eigenvalue weighted by molar-refractivity contribution is 0.155. The van der Waals surface area contributed by atoms with Gasteiger partial charge >= 0.3 is 0 Å². The first-order valence-corrected chi connectivity index (χ1v) is 8.76. The number of nitrogens with two attached hydrogens (primary N) is 1. The monoisotopic (exact) mass is 328 g/mol. The van der Waals surface area contributed by atoms with Gasteiger partial charge in [-0.1, -0.05) is 24.7 Å². The van der Waals surface area contributed by atoms with Crippen LogP contribution in [0.3, 0.4) is 0 Å². The minimum absolute atomic E-state index is 0.150. The standard InChI is InChI=1S/C14H20N2O3S2/c1-10-8-11(14(15)20)5-6-13(10)21(18,19)16-7-3-2-4-12(16)9-17/h5-6,8,12,17H,2-4,7,9H2,1H3,(H2,15,20). The van der Waals surface area contributed by atoms with E-state index >= 15 is 0 Å². The molecule has 116 valence electrons. The molecular weight excluding hydrogens is 308 g/mol. The minimum atomic E-state index is -3.61. The van der Waals surface area contributed by atoms with E-state index in [0.717, 1.165) is 12.8 Å². The molecule has 1 aromatic carbocycles. The molecule has 1 aliphatic rings. The topological polar surface area (TPSA) is 83.6 Å². The van der Waals surface area contributed by atoms with Crippen molar-refractivity contribution in [3.63, 3.8) is 0 Å². The Hall–Kier alpha value is -1.02. The van der Waals surface area contributed by atoms with Gasteiger partial charge in [0.25, 0.3) is 0 Å². The maximum Gasteiger partial charge on any atom is 0.243 e. The molecule has 0 saturated carbocycles. The summed E-state index contributed by atoms with van der Waals surface area (Å²) in [4.78, 5) is 0.496. The van der Waals surface area contributed by atoms with Gasteiger partial charge in [0, 0.05) is 18.2 Å². The van der Waals surface area contributed by atoms with Crippen LogP contribution in [0.4, 0.5) is 0 Å². The van der Waals surface area contributed by atoms with Gasteiger partial charge in [0.1, 0.15) is 4.99 Å². The quantitative estimate of drug-likeness (QED) is 0.811. The van der Waals surface area contributed by atoms with Crippen LogP contribution in [0.15, 0.2) is 23.1 Å². The third-order valence-electron chi connectivity index (χ3n) is 3.83. The number of aliphatic hydroxyl groups is 1. The van der Waals surface area contributed by atoms with Crippen molar-refractivity contribution in [3.05, 3.63) is 29.3 Å². The van der Waals surface area contributed by atoms with E-state index < -0.39 is 10.0 Å². The molecule has 2 rings (SSSR count). The zero-order valence-corrected chi connectivity index (χ0v) is 13.6. The molecule has 0 aliphatic carbocycles. The maximum absolute atomic E-state index is 12.8. The number of piperidine rings is 1. The third-order valence-corrected chi connectivity index (χ3v) is 6.18. The Morgan fingerprint density at radius 3 is 2.76 bits per heavy atom. The number of aryl methyl sites for hydroxylation is 1. The Morgan fingerprint density at radius 2 is 2.19 bits per heavy atom. The number of hydrogen-bond acceptors (Lipinski definition) is 4. The van der Waals surface area contributed by atoms with Crippen LogP contribution in [0.1, 0.15) is 30.4 Å². The van der Waals surface area contributed by atoms with Gasteiger partial charge < -0.3 is 10.8 Å². The fraction of sp³-hybridized carbons (Fsp3) is 0.500. The molecule has 21 heavy (non-hydrogen) atoms. The molecular formula is C14H20N2O3S2. The van der Waals surface area contributed by atoms with E-state index in [0.29, 0.717) is 24.1 Å². The molecule has 1 aliphatic heterocycles. The molecule has 0 aromatic heterocycles. The fourth-order valence-electron chi connectivity index (χ4n) is 2.69. The van der Waals surface area contributed by atoms with Crippen LogP contribution in [0.25, 0.3) is 0 Å². The highest BCUT2D eigenvalue weighted by Gasteiger charge is 2.33. The lowest BCUT2D eigenvalue weighted by Crippen LogP contribution is -2.45. The third kappa shape index (κ3) is 3.26. The summed E-state index contributed by atoms with van der Waals surface area (Å²) in [5.41, 5.74) is 6.83. The molecule has 7 heteroatoms. The molecule has 0 radical (unpaired) electrons. The second-order valence-corrected chi connectivity index (χ2v) is 7.59. The SMILES string of the molecule is Cc1cc(C(N)=S)ccc1S(=O)(=O)N1CCCCC1CO. The van der Waals surface area contributed by atoms with Gasteiger partial charge in [-0.05, 0) is 37.5 Å². The summed E-state index contributed by atoms with van der Waals surface area (Å²) in [5, 5.41) is 9.42. The van der Waals surface area contributed by atoms with Gasteiger partial charge in [0.05, 0.1) is 11.5 Å². The van der Waals surface area contributed by atoms with E-state index in [4.69, 9.17) is 18.0 Å². The Labute approximate surface area is 130 Å². The smallest absolute Gasteiger partial charge is 0.243 e. The maximum atomic E-state index is 12.8. The van der Waals surface area contributed by atoms with Crippen molar-refractivity contribution >= 4 is 27.2 Å². The average Bonchev–Trinajstić information content (AvgIpc) is 2.46. The Balaban J connectivity index is 2.41. The van der Waals surface area contributed by atoms with E-state index in [2.05, 4.69) is 0 Å². The summed E-state index contributed by atoms with van der Waals surface area (Å²) in [5.74, 6) is 0. The Bertz CT molecular complexity index is 644. The van der Waals surface area contributed by atoms with Gasteiger partial charge in [0.2, 0.25) is 10.0 Å². The first kappa shape index (κ1) is 16.4. The highest BCUT2D eigenvalue weighted by Crippen LogP contribution is 2.27. The summed E-state index contributed by atoms with van der Waals surface area (Å²) in [7, 11) is -3.61. The summed E-state index contributed by atoms with van der Waals surface area (Å²) < 4.78 is 27.0. The molecule has 0 bridgehead atoms. The fourth-order valence-corrected chi connectivity index (χ4v) is 4.71. The van der Waals surface area contributed by atoms with Gasteiger partial charge in [-0.3, -0.25) is 0 Å². The van der Waals surface area contributed by atoms with Crippen LogP contribution < -0.4 is 5.73 Å². The normalized spacial score (nSPS) is 20.4. The number of thiocarbonyl (C=S) groups is 1. The summed E-state index contributed by atoms with van der Waals surface area (Å²) >= 11 is 4.91. The predicted octanol–water partition coefficient (Wildman–Crippen LogP) is 1.16. The first-order valence-electron chi connectivity index (χ1n) is 6.91. The molecule has 0 spiro atoms. The van der Waals surface area contributed by atoms with E-state index in [-0.39, 0.29) is 22.5 Å². The van der Waals surface area contributed by atoms with Crippen LogP contribution in [0.2, 0.25) is 0 Å². The lowest BCUT2D eigenvalue weighted by atomic mass is 10.1. The number of aliphatic hydroxyl groups excluding tert-OH is 1. The number of hydrogen-bond donors (Lipinski definition) is 2. The molecule has 0 amide bonds. The van der Waals surface area contributed by atoms with E-state index in [1.54, 1.807) is 25.1 Å². The second kappa shape index (κ2) is 6.39. The Kier molecular flexibility index (Phi) is 4.98. The van der Waals surface area contributed by atoms with Crippen molar-refractivity contribution in [2.75, 3.05) is 13.2 Å². The molecule has 1 fully saturated rings. The molecule has 3 N–H and O–H groups in total. The highest BCUT2D eigenvalue weighted by molar-refractivity contribution is 7.89. The van der Waals surface area contributed by atoms with E-state index in [1.807, 2.05) is 0 Å². The van der Waals surface area contributed by atoms with Crippen LogP contribution in [-0.4, -0.2) is 42.0 Å². The van der Waals surface area contributed by atoms with Crippen LogP contribution in [0.5, 0.6) is 0 Å². The highest BCUT2D eigenvalue weighted by atomic mass is 32.2. The van der Waals surface area contributed by atoms with E-state index in [1.165, 1.54) is 4.31 Å². The lowest BCUT2D eigenvalue weighted by Gasteiger charge is -2.33. The molecule has 1 saturated heterocycles. The predicted molar refractivity (Wildman–Crippen MR) is 85.7 cm³/mol. The summed E-state index contributed by atoms with van der Waals surface area (Å²) in [6.07, 6.45) is 2.45. The molecule has 5 nitrogen and oxygen atoms in total. The number of benzene rings is 1. The number of rotatable bonds is 4. The van der Waals surface area contributed by atoms with Crippen molar-refractivity contribution < 1.29 is 13.5 Å². The first-order chi connectivity index (χ1) is 9.87. The number of sulfonamides is 1. The van der Waals surface area contributed by atoms with Crippen LogP contribution >= 0.6 is 12.2 Å². The van der Waals surface area contributed by atoms with Crippen molar-refractivity contribution in [1.82, 2.24) is 4.31 Å². The minimum Gasteiger partial charge on any atom is -0.395 e. The largest absolute Gasteiger partial charge is 0.395 e. The van der Waals surface area contributed by atoms with E-state index in [9.17, 15) is 13.5 Å². The van der Waals surface area contributed by atoms with Crippen LogP contribution in [-0.2, 0) is 10.0 Å². The average molecular weight is 328 g/mol. The molecule has 1 atom stereocenters. The zero-order chi connectivity index (χ0) is 15.6. The van der Waals surface area contributed by atoms with Gasteiger partial charge in [-0.15, -0.1) is 0 Å². The van der Waals surface area contributed by atoms with Crippen molar-refractivity contribution in [2.45, 2.75) is 37.1 Å². The number of nitrogens with zero attached hydrogens (tertiary/aromatic N) is 1. The van der Waals surface area contributed by atoms with Gasteiger partial charge in [-0.2, -0.15) is 4.31 Å². The van der Waals surface area contributed by atoms with Crippen molar-refractivity contribution in [1.29, 1.82) is 0 Å². The van der Waals surface area contributed by atoms with Crippen molar-refractivity contribution in [3.8, 4) is 0 Å². The summed E-state index contributed by atoms with van der Waals surface area (Å²) in [6, 6.07) is 4.52.